The number of nitrogens with one attached hydrogen (secondary N) is 1. The lowest BCUT2D eigenvalue weighted by atomic mass is 9.87. The standard InChI is InChI=1S/C16H25N/c1-5-16-10-11-17-15(4)9-7-6-8-13(2)14(3)12-16/h6-9,14,16-17H,2,4-5,10-12H2,1,3H3/b8-6-,9-7-. The highest BCUT2D eigenvalue weighted by atomic mass is 14.9. The van der Waals surface area contributed by atoms with Gasteiger partial charge in [0.05, 0.1) is 0 Å². The van der Waals surface area contributed by atoms with Crippen molar-refractivity contribution in [2.75, 3.05) is 6.54 Å². The van der Waals surface area contributed by atoms with Crippen LogP contribution in [-0.2, 0) is 0 Å². The molecule has 0 fully saturated rings. The van der Waals surface area contributed by atoms with E-state index in [2.05, 4.69) is 38.4 Å². The van der Waals surface area contributed by atoms with Gasteiger partial charge in [-0.05, 0) is 30.8 Å². The van der Waals surface area contributed by atoms with Crippen molar-refractivity contribution in [3.05, 3.63) is 48.7 Å². The van der Waals surface area contributed by atoms with E-state index in [4.69, 9.17) is 0 Å². The second kappa shape index (κ2) is 7.16. The maximum Gasteiger partial charge on any atom is 0.0267 e. The van der Waals surface area contributed by atoms with Gasteiger partial charge in [-0.15, -0.1) is 0 Å². The summed E-state index contributed by atoms with van der Waals surface area (Å²) in [6, 6.07) is 0. The van der Waals surface area contributed by atoms with E-state index in [-0.39, 0.29) is 0 Å². The van der Waals surface area contributed by atoms with Gasteiger partial charge < -0.3 is 5.32 Å². The van der Waals surface area contributed by atoms with E-state index in [1.807, 2.05) is 18.2 Å². The van der Waals surface area contributed by atoms with Crippen LogP contribution in [0.5, 0.6) is 0 Å². The summed E-state index contributed by atoms with van der Waals surface area (Å²) in [5.41, 5.74) is 2.22. The maximum absolute atomic E-state index is 4.15. The molecular formula is C16H25N. The second-order valence-corrected chi connectivity index (χ2v) is 4.94. The normalized spacial score (nSPS) is 30.9. The van der Waals surface area contributed by atoms with Gasteiger partial charge in [0.1, 0.15) is 0 Å². The largest absolute Gasteiger partial charge is 0.386 e. The van der Waals surface area contributed by atoms with Gasteiger partial charge in [-0.3, -0.25) is 0 Å². The molecule has 1 N–H and O–H groups in total. The summed E-state index contributed by atoms with van der Waals surface area (Å²) >= 11 is 0. The summed E-state index contributed by atoms with van der Waals surface area (Å²) in [4.78, 5) is 0. The molecule has 0 aromatic heterocycles. The summed E-state index contributed by atoms with van der Waals surface area (Å²) < 4.78 is 0. The Bertz CT molecular complexity index is 322. The second-order valence-electron chi connectivity index (χ2n) is 4.94. The van der Waals surface area contributed by atoms with Gasteiger partial charge >= 0.3 is 0 Å². The Balaban J connectivity index is 2.73. The number of rotatable bonds is 1. The van der Waals surface area contributed by atoms with Crippen LogP contribution in [0.25, 0.3) is 0 Å². The van der Waals surface area contributed by atoms with Crippen LogP contribution < -0.4 is 5.32 Å². The van der Waals surface area contributed by atoms with E-state index in [1.165, 1.54) is 24.8 Å². The lowest BCUT2D eigenvalue weighted by Gasteiger charge is -2.21. The Morgan fingerprint density at radius 1 is 1.29 bits per heavy atom. The average molecular weight is 231 g/mol. The topological polar surface area (TPSA) is 12.0 Å². The number of allylic oxidation sites excluding steroid dienone is 5. The minimum absolute atomic E-state index is 0.576. The van der Waals surface area contributed by atoms with Crippen molar-refractivity contribution in [3.8, 4) is 0 Å². The molecule has 1 heteroatoms. The minimum atomic E-state index is 0.576. The Labute approximate surface area is 106 Å². The fourth-order valence-corrected chi connectivity index (χ4v) is 2.15. The Kier molecular flexibility index (Phi) is 5.82. The van der Waals surface area contributed by atoms with Gasteiger partial charge in [0.2, 0.25) is 0 Å². The first-order valence-electron chi connectivity index (χ1n) is 6.59. The molecule has 0 aliphatic carbocycles. The quantitative estimate of drug-likeness (QED) is 0.712. The Hall–Kier alpha value is -1.24. The predicted molar refractivity (Wildman–Crippen MR) is 76.7 cm³/mol. The molecule has 0 saturated heterocycles. The third-order valence-electron chi connectivity index (χ3n) is 3.52. The monoisotopic (exact) mass is 231 g/mol. The van der Waals surface area contributed by atoms with E-state index in [0.29, 0.717) is 5.92 Å². The van der Waals surface area contributed by atoms with Crippen LogP contribution in [0, 0.1) is 11.8 Å². The third-order valence-corrected chi connectivity index (χ3v) is 3.52. The zero-order valence-corrected chi connectivity index (χ0v) is 11.2. The number of hydrogen-bond acceptors (Lipinski definition) is 1. The molecule has 0 amide bonds. The summed E-state index contributed by atoms with van der Waals surface area (Å²) in [6.45, 7) is 13.7. The van der Waals surface area contributed by atoms with Crippen molar-refractivity contribution < 1.29 is 0 Å². The molecule has 17 heavy (non-hydrogen) atoms. The van der Waals surface area contributed by atoms with E-state index < -0.39 is 0 Å². The van der Waals surface area contributed by atoms with Crippen molar-refractivity contribution in [2.45, 2.75) is 33.1 Å². The first kappa shape index (κ1) is 13.8. The average Bonchev–Trinajstić information content (AvgIpc) is 2.31. The van der Waals surface area contributed by atoms with Crippen LogP contribution in [0.1, 0.15) is 33.1 Å². The molecule has 0 aromatic carbocycles. The summed E-state index contributed by atoms with van der Waals surface area (Å²) in [5, 5.41) is 3.35. The van der Waals surface area contributed by atoms with Gasteiger partial charge in [0.15, 0.2) is 0 Å². The fraction of sp³-hybridized carbons (Fsp3) is 0.500. The molecule has 0 bridgehead atoms. The summed E-state index contributed by atoms with van der Waals surface area (Å²) in [6.07, 6.45) is 11.9. The molecule has 1 nitrogen and oxygen atoms in total. The highest BCUT2D eigenvalue weighted by Gasteiger charge is 2.12. The fourth-order valence-electron chi connectivity index (χ4n) is 2.15. The van der Waals surface area contributed by atoms with Crippen molar-refractivity contribution in [2.24, 2.45) is 11.8 Å². The lowest BCUT2D eigenvalue weighted by molar-refractivity contribution is 0.386. The minimum Gasteiger partial charge on any atom is -0.386 e. The molecule has 1 aliphatic heterocycles. The highest BCUT2D eigenvalue weighted by Crippen LogP contribution is 2.24. The molecule has 1 heterocycles. The molecular weight excluding hydrogens is 206 g/mol. The van der Waals surface area contributed by atoms with E-state index in [0.717, 1.165) is 18.2 Å². The Morgan fingerprint density at radius 3 is 2.71 bits per heavy atom. The lowest BCUT2D eigenvalue weighted by Crippen LogP contribution is -2.17. The first-order valence-corrected chi connectivity index (χ1v) is 6.59. The molecule has 94 valence electrons. The maximum atomic E-state index is 4.15. The van der Waals surface area contributed by atoms with Crippen molar-refractivity contribution in [1.29, 1.82) is 0 Å². The number of hydrogen-bond donors (Lipinski definition) is 1. The van der Waals surface area contributed by atoms with Crippen LogP contribution in [-0.4, -0.2) is 6.54 Å². The molecule has 0 saturated carbocycles. The summed E-state index contributed by atoms with van der Waals surface area (Å²) in [7, 11) is 0. The van der Waals surface area contributed by atoms with E-state index in [9.17, 15) is 0 Å². The molecule has 2 unspecified atom stereocenters. The molecule has 0 spiro atoms. The van der Waals surface area contributed by atoms with Crippen LogP contribution in [0.3, 0.4) is 0 Å². The van der Waals surface area contributed by atoms with Crippen LogP contribution in [0.15, 0.2) is 48.7 Å². The van der Waals surface area contributed by atoms with E-state index in [1.54, 1.807) is 0 Å². The van der Waals surface area contributed by atoms with Crippen LogP contribution >= 0.6 is 0 Å². The molecule has 1 aliphatic rings. The van der Waals surface area contributed by atoms with Gasteiger partial charge in [-0.25, -0.2) is 0 Å². The van der Waals surface area contributed by atoms with Gasteiger partial charge in [0.25, 0.3) is 0 Å². The summed E-state index contributed by atoms with van der Waals surface area (Å²) in [5.74, 6) is 1.35. The zero-order chi connectivity index (χ0) is 12.7. The van der Waals surface area contributed by atoms with Crippen molar-refractivity contribution in [3.63, 3.8) is 0 Å². The molecule has 2 atom stereocenters. The predicted octanol–water partition coefficient (Wildman–Crippen LogP) is 4.21. The Morgan fingerprint density at radius 2 is 2.00 bits per heavy atom. The van der Waals surface area contributed by atoms with Gasteiger partial charge in [-0.2, -0.15) is 0 Å². The van der Waals surface area contributed by atoms with Gasteiger partial charge in [0, 0.05) is 12.2 Å². The molecule has 0 aromatic rings. The van der Waals surface area contributed by atoms with Crippen molar-refractivity contribution >= 4 is 0 Å². The molecule has 0 radical (unpaired) electrons. The first-order chi connectivity index (χ1) is 8.13. The van der Waals surface area contributed by atoms with E-state index >= 15 is 0 Å². The highest BCUT2D eigenvalue weighted by molar-refractivity contribution is 5.24. The van der Waals surface area contributed by atoms with Crippen LogP contribution in [0.4, 0.5) is 0 Å². The van der Waals surface area contributed by atoms with Gasteiger partial charge in [-0.1, -0.05) is 57.2 Å². The third kappa shape index (κ3) is 5.08. The molecule has 1 rings (SSSR count). The SMILES string of the molecule is C=C1/C=C\C=C/C(=C)C(C)CC(CC)CCN1. The van der Waals surface area contributed by atoms with Crippen molar-refractivity contribution in [1.82, 2.24) is 5.32 Å². The smallest absolute Gasteiger partial charge is 0.0267 e. The zero-order valence-electron chi connectivity index (χ0n) is 11.2. The van der Waals surface area contributed by atoms with Crippen LogP contribution in [0.2, 0.25) is 0 Å².